The number of likely N-dealkylation sites (N-methyl/N-ethyl adjacent to an activating group) is 1. The highest BCUT2D eigenvalue weighted by Crippen LogP contribution is 2.39. The van der Waals surface area contributed by atoms with Crippen LogP contribution in [-0.2, 0) is 6.54 Å². The van der Waals surface area contributed by atoms with Crippen LogP contribution in [0.25, 0.3) is 10.8 Å². The van der Waals surface area contributed by atoms with E-state index in [9.17, 15) is 0 Å². The van der Waals surface area contributed by atoms with Gasteiger partial charge in [0, 0.05) is 24.6 Å². The molecule has 1 unspecified atom stereocenters. The van der Waals surface area contributed by atoms with Gasteiger partial charge in [0.1, 0.15) is 5.75 Å². The Bertz CT molecular complexity index is 855. The molecular weight excluding hydrogens is 282 g/mol. The van der Waals surface area contributed by atoms with E-state index in [4.69, 9.17) is 4.74 Å². The summed E-state index contributed by atoms with van der Waals surface area (Å²) in [6.45, 7) is 2.00. The lowest BCUT2D eigenvalue weighted by Gasteiger charge is -2.33. The molecule has 23 heavy (non-hydrogen) atoms. The fourth-order valence-electron chi connectivity index (χ4n) is 3.76. The Kier molecular flexibility index (Phi) is 3.55. The molecule has 2 heteroatoms. The van der Waals surface area contributed by atoms with Crippen molar-refractivity contribution in [2.75, 3.05) is 20.7 Å². The number of hydrogen-bond donors (Lipinski definition) is 0. The van der Waals surface area contributed by atoms with Gasteiger partial charge in [0.05, 0.1) is 7.11 Å². The average Bonchev–Trinajstić information content (AvgIpc) is 2.59. The molecule has 0 radical (unpaired) electrons. The maximum absolute atomic E-state index is 5.67. The Hall–Kier alpha value is -2.32. The van der Waals surface area contributed by atoms with Crippen LogP contribution in [0.5, 0.6) is 5.75 Å². The molecule has 1 heterocycles. The van der Waals surface area contributed by atoms with E-state index in [0.717, 1.165) is 18.8 Å². The summed E-state index contributed by atoms with van der Waals surface area (Å²) in [7, 11) is 3.96. The average molecular weight is 303 g/mol. The van der Waals surface area contributed by atoms with Gasteiger partial charge >= 0.3 is 0 Å². The van der Waals surface area contributed by atoms with Gasteiger partial charge < -0.3 is 9.64 Å². The van der Waals surface area contributed by atoms with Crippen LogP contribution < -0.4 is 4.74 Å². The van der Waals surface area contributed by atoms with Crippen molar-refractivity contribution < 1.29 is 4.74 Å². The van der Waals surface area contributed by atoms with Crippen molar-refractivity contribution in [1.82, 2.24) is 4.90 Å². The second kappa shape index (κ2) is 5.71. The SMILES string of the molecule is COc1cccc2c1C(c1ccc3ccccc3c1)CN(C)C2. The molecule has 0 aromatic heterocycles. The summed E-state index contributed by atoms with van der Waals surface area (Å²) in [5.41, 5.74) is 4.08. The van der Waals surface area contributed by atoms with E-state index in [0.29, 0.717) is 5.92 Å². The number of fused-ring (bicyclic) bond motifs is 2. The molecule has 2 nitrogen and oxygen atoms in total. The van der Waals surface area contributed by atoms with E-state index in [1.165, 1.54) is 27.5 Å². The van der Waals surface area contributed by atoms with Gasteiger partial charge in [-0.2, -0.15) is 0 Å². The summed E-state index contributed by atoms with van der Waals surface area (Å²) in [5.74, 6) is 1.36. The van der Waals surface area contributed by atoms with Gasteiger partial charge in [-0.15, -0.1) is 0 Å². The molecule has 116 valence electrons. The normalized spacial score (nSPS) is 17.9. The van der Waals surface area contributed by atoms with Gasteiger partial charge in [-0.1, -0.05) is 54.6 Å². The van der Waals surface area contributed by atoms with Crippen LogP contribution in [-0.4, -0.2) is 25.6 Å². The predicted octanol–water partition coefficient (Wildman–Crippen LogP) is 4.43. The largest absolute Gasteiger partial charge is 0.496 e. The van der Waals surface area contributed by atoms with E-state index in [-0.39, 0.29) is 0 Å². The number of ether oxygens (including phenoxy) is 1. The minimum Gasteiger partial charge on any atom is -0.496 e. The lowest BCUT2D eigenvalue weighted by molar-refractivity contribution is 0.288. The molecule has 0 saturated carbocycles. The summed E-state index contributed by atoms with van der Waals surface area (Å²) in [5, 5.41) is 2.59. The van der Waals surface area contributed by atoms with Gasteiger partial charge in [0.15, 0.2) is 0 Å². The summed E-state index contributed by atoms with van der Waals surface area (Å²) in [4.78, 5) is 2.39. The van der Waals surface area contributed by atoms with Crippen molar-refractivity contribution in [1.29, 1.82) is 0 Å². The maximum Gasteiger partial charge on any atom is 0.123 e. The van der Waals surface area contributed by atoms with Crippen LogP contribution in [0.1, 0.15) is 22.6 Å². The van der Waals surface area contributed by atoms with Crippen LogP contribution in [0.4, 0.5) is 0 Å². The minimum atomic E-state index is 0.351. The van der Waals surface area contributed by atoms with Crippen molar-refractivity contribution >= 4 is 10.8 Å². The molecule has 3 aromatic carbocycles. The van der Waals surface area contributed by atoms with Crippen LogP contribution in [0, 0.1) is 0 Å². The molecule has 0 N–H and O–H groups in total. The fourth-order valence-corrected chi connectivity index (χ4v) is 3.76. The highest BCUT2D eigenvalue weighted by atomic mass is 16.5. The molecule has 0 aliphatic carbocycles. The zero-order chi connectivity index (χ0) is 15.8. The quantitative estimate of drug-likeness (QED) is 0.694. The molecule has 0 amide bonds. The molecule has 4 rings (SSSR count). The lowest BCUT2D eigenvalue weighted by Crippen LogP contribution is -2.31. The first-order valence-corrected chi connectivity index (χ1v) is 8.09. The Morgan fingerprint density at radius 2 is 1.78 bits per heavy atom. The van der Waals surface area contributed by atoms with E-state index in [1.54, 1.807) is 7.11 Å². The molecule has 1 aliphatic rings. The Morgan fingerprint density at radius 3 is 2.61 bits per heavy atom. The van der Waals surface area contributed by atoms with Crippen LogP contribution in [0.2, 0.25) is 0 Å². The van der Waals surface area contributed by atoms with E-state index < -0.39 is 0 Å². The van der Waals surface area contributed by atoms with Gasteiger partial charge in [0.2, 0.25) is 0 Å². The van der Waals surface area contributed by atoms with Crippen molar-refractivity contribution in [3.05, 3.63) is 77.4 Å². The van der Waals surface area contributed by atoms with E-state index in [1.807, 2.05) is 0 Å². The zero-order valence-corrected chi connectivity index (χ0v) is 13.6. The Balaban J connectivity index is 1.88. The molecule has 3 aromatic rings. The molecule has 1 atom stereocenters. The number of methoxy groups -OCH3 is 1. The van der Waals surface area contributed by atoms with Crippen molar-refractivity contribution in [3.63, 3.8) is 0 Å². The smallest absolute Gasteiger partial charge is 0.123 e. The third-order valence-corrected chi connectivity index (χ3v) is 4.84. The van der Waals surface area contributed by atoms with E-state index in [2.05, 4.69) is 72.6 Å². The minimum absolute atomic E-state index is 0.351. The zero-order valence-electron chi connectivity index (χ0n) is 13.6. The Labute approximate surface area is 137 Å². The first-order valence-electron chi connectivity index (χ1n) is 8.09. The summed E-state index contributed by atoms with van der Waals surface area (Å²) < 4.78 is 5.67. The van der Waals surface area contributed by atoms with E-state index >= 15 is 0 Å². The Morgan fingerprint density at radius 1 is 0.957 bits per heavy atom. The summed E-state index contributed by atoms with van der Waals surface area (Å²) in [6, 6.07) is 21.8. The molecular formula is C21H21NO. The number of hydrogen-bond acceptors (Lipinski definition) is 2. The van der Waals surface area contributed by atoms with Gasteiger partial charge in [-0.25, -0.2) is 0 Å². The molecule has 0 fully saturated rings. The third kappa shape index (κ3) is 2.49. The van der Waals surface area contributed by atoms with Crippen molar-refractivity contribution in [2.24, 2.45) is 0 Å². The van der Waals surface area contributed by atoms with Crippen LogP contribution in [0.3, 0.4) is 0 Å². The number of benzene rings is 3. The van der Waals surface area contributed by atoms with Gasteiger partial charge in [0.25, 0.3) is 0 Å². The molecule has 0 spiro atoms. The first kappa shape index (κ1) is 14.3. The topological polar surface area (TPSA) is 12.5 Å². The first-order chi connectivity index (χ1) is 11.3. The van der Waals surface area contributed by atoms with Crippen molar-refractivity contribution in [3.8, 4) is 5.75 Å². The molecule has 0 bridgehead atoms. The second-order valence-corrected chi connectivity index (χ2v) is 6.39. The highest BCUT2D eigenvalue weighted by molar-refractivity contribution is 5.83. The lowest BCUT2D eigenvalue weighted by atomic mass is 9.83. The van der Waals surface area contributed by atoms with Crippen molar-refractivity contribution in [2.45, 2.75) is 12.5 Å². The highest BCUT2D eigenvalue weighted by Gasteiger charge is 2.27. The number of nitrogens with zero attached hydrogens (tertiary/aromatic N) is 1. The summed E-state index contributed by atoms with van der Waals surface area (Å²) >= 11 is 0. The van der Waals surface area contributed by atoms with Crippen LogP contribution >= 0.6 is 0 Å². The fraction of sp³-hybridized carbons (Fsp3) is 0.238. The second-order valence-electron chi connectivity index (χ2n) is 6.39. The number of rotatable bonds is 2. The van der Waals surface area contributed by atoms with Gasteiger partial charge in [-0.05, 0) is 35.0 Å². The predicted molar refractivity (Wildman–Crippen MR) is 95.1 cm³/mol. The summed E-state index contributed by atoms with van der Waals surface area (Å²) in [6.07, 6.45) is 0. The van der Waals surface area contributed by atoms with Crippen LogP contribution in [0.15, 0.2) is 60.7 Å². The standard InChI is InChI=1S/C21H21NO/c1-22-13-18-8-5-9-20(23-2)21(18)19(14-22)17-11-10-15-6-3-4-7-16(15)12-17/h3-12,19H,13-14H2,1-2H3. The van der Waals surface area contributed by atoms with Gasteiger partial charge in [-0.3, -0.25) is 0 Å². The monoisotopic (exact) mass is 303 g/mol. The third-order valence-electron chi connectivity index (χ3n) is 4.84. The molecule has 0 saturated heterocycles. The maximum atomic E-state index is 5.67. The molecule has 1 aliphatic heterocycles.